The summed E-state index contributed by atoms with van der Waals surface area (Å²) in [6.45, 7) is -0.890. The lowest BCUT2D eigenvalue weighted by molar-refractivity contribution is -0.190. The number of nitrogens with zero attached hydrogens (tertiary/aromatic N) is 2. The van der Waals surface area contributed by atoms with Gasteiger partial charge in [0.25, 0.3) is 0 Å². The molecule has 16 heteroatoms. The maximum absolute atomic E-state index is 14.1. The van der Waals surface area contributed by atoms with Crippen molar-refractivity contribution in [1.29, 1.82) is 0 Å². The topological polar surface area (TPSA) is 98.8 Å². The lowest BCUT2D eigenvalue weighted by Crippen LogP contribution is -2.55. The molecule has 8 nitrogen and oxygen atoms in total. The molecular weight excluding hydrogens is 779 g/mol. The fourth-order valence-electron chi connectivity index (χ4n) is 8.23. The molecule has 6 rings (SSSR count). The zero-order valence-electron chi connectivity index (χ0n) is 30.9. The Labute approximate surface area is 331 Å². The van der Waals surface area contributed by atoms with Crippen molar-refractivity contribution in [3.05, 3.63) is 71.8 Å². The van der Waals surface area contributed by atoms with Crippen LogP contribution in [0.3, 0.4) is 0 Å². The van der Waals surface area contributed by atoms with E-state index in [1.165, 1.54) is 33.3 Å². The van der Waals surface area contributed by atoms with Crippen molar-refractivity contribution in [1.82, 2.24) is 20.4 Å². The number of carbonyl (C=O) groups is 4. The summed E-state index contributed by atoms with van der Waals surface area (Å²) in [5.41, 5.74) is 1.69. The molecule has 8 atom stereocenters. The Balaban J connectivity index is 1.18. The molecule has 306 valence electrons. The summed E-state index contributed by atoms with van der Waals surface area (Å²) in [4.78, 5) is 58.2. The lowest BCUT2D eigenvalue weighted by atomic mass is 9.86. The smallest absolute Gasteiger partial charge is 0.344 e. The summed E-state index contributed by atoms with van der Waals surface area (Å²) in [6.07, 6.45) is -7.01. The third kappa shape index (κ3) is 10.8. The van der Waals surface area contributed by atoms with Crippen LogP contribution < -0.4 is 10.6 Å². The van der Waals surface area contributed by atoms with Gasteiger partial charge in [0.1, 0.15) is 12.1 Å². The van der Waals surface area contributed by atoms with Crippen LogP contribution in [0.2, 0.25) is 0 Å². The summed E-state index contributed by atoms with van der Waals surface area (Å²) >= 11 is 2.86. The number of benzene rings is 2. The van der Waals surface area contributed by atoms with E-state index in [4.69, 9.17) is 0 Å². The van der Waals surface area contributed by atoms with E-state index in [9.17, 15) is 45.5 Å². The van der Waals surface area contributed by atoms with Gasteiger partial charge in [-0.3, -0.25) is 19.2 Å². The molecule has 4 heterocycles. The molecule has 0 bridgehead atoms. The van der Waals surface area contributed by atoms with Gasteiger partial charge in [-0.1, -0.05) is 60.7 Å². The number of piperidine rings is 2. The number of carbonyl (C=O) groups excluding carboxylic acids is 4. The highest BCUT2D eigenvalue weighted by Gasteiger charge is 2.49. The second kappa shape index (κ2) is 18.5. The average molecular weight is 827 g/mol. The summed E-state index contributed by atoms with van der Waals surface area (Å²) in [5, 5.41) is 4.99. The largest absolute Gasteiger partial charge is 0.393 e. The Hall–Kier alpha value is -3.40. The van der Waals surface area contributed by atoms with Gasteiger partial charge < -0.3 is 20.4 Å². The minimum absolute atomic E-state index is 0.0516. The first-order chi connectivity index (χ1) is 26.7. The number of nitrogens with one attached hydrogen (secondary N) is 2. The molecule has 2 aromatic rings. The maximum Gasteiger partial charge on any atom is 0.393 e. The number of hydrogen-bond donors (Lipinski definition) is 2. The minimum atomic E-state index is -4.43. The Morgan fingerprint density at radius 3 is 1.34 bits per heavy atom. The van der Waals surface area contributed by atoms with Gasteiger partial charge in [0, 0.05) is 24.9 Å². The molecule has 0 aliphatic carbocycles. The van der Waals surface area contributed by atoms with E-state index in [1.807, 2.05) is 60.7 Å². The molecular formula is C40H48F6N4O4S2. The number of amides is 4. The van der Waals surface area contributed by atoms with Gasteiger partial charge in [-0.15, -0.1) is 23.5 Å². The van der Waals surface area contributed by atoms with Crippen LogP contribution in [-0.2, 0) is 32.0 Å². The molecule has 4 fully saturated rings. The van der Waals surface area contributed by atoms with Crippen LogP contribution in [0.1, 0.15) is 62.5 Å². The van der Waals surface area contributed by atoms with Crippen molar-refractivity contribution in [2.24, 2.45) is 23.7 Å². The summed E-state index contributed by atoms with van der Waals surface area (Å²) < 4.78 is 82.1. The Bertz CT molecular complexity index is 1550. The van der Waals surface area contributed by atoms with Crippen LogP contribution in [0.5, 0.6) is 0 Å². The standard InChI is InChI=1S/C40H48F6N4O4S2/c41-39(42,43)29-13-15-33-49(23-29)37(53)31(17-19-55-33)47-35(51)27(21-25-7-3-1-4-8-25)11-12-28(22-26-9-5-2-6-10-26)36(52)48-32-18-20-56-34-16-14-30(40(44,45)46)24-50(34)38(32)54/h1-10,27-34H,11-24H2,(H,47,51)(H,48,52)/t27-,28-,29-,30-,31+,32+,33+,34?/m1/s1. The van der Waals surface area contributed by atoms with Gasteiger partial charge in [-0.2, -0.15) is 26.3 Å². The van der Waals surface area contributed by atoms with E-state index in [0.29, 0.717) is 11.5 Å². The molecule has 0 radical (unpaired) electrons. The number of alkyl halides is 6. The highest BCUT2D eigenvalue weighted by atomic mass is 32.2. The van der Waals surface area contributed by atoms with Gasteiger partial charge in [0.15, 0.2) is 0 Å². The van der Waals surface area contributed by atoms with E-state index < -0.39 is 84.8 Å². The van der Waals surface area contributed by atoms with E-state index >= 15 is 0 Å². The fraction of sp³-hybridized carbons (Fsp3) is 0.600. The second-order valence-electron chi connectivity index (χ2n) is 15.3. The van der Waals surface area contributed by atoms with Crippen molar-refractivity contribution < 1.29 is 45.5 Å². The molecule has 2 aromatic carbocycles. The fourth-order valence-corrected chi connectivity index (χ4v) is 10.9. The number of thioether (sulfide) groups is 2. The Kier molecular flexibility index (Phi) is 13.9. The predicted molar refractivity (Wildman–Crippen MR) is 203 cm³/mol. The SMILES string of the molecule is O=C(N[C@H]1CCSC2CC[C@@H](C(F)(F)F)CN2C1=O)[C@H](CC[C@H](Cc1ccccc1)C(=O)N[C@H]1CCS[C@H]2CC[C@@H](C(F)(F)F)CN2C1=O)Cc1ccccc1. The van der Waals surface area contributed by atoms with Gasteiger partial charge in [-0.25, -0.2) is 0 Å². The third-order valence-electron chi connectivity index (χ3n) is 11.5. The van der Waals surface area contributed by atoms with Crippen LogP contribution in [0, 0.1) is 23.7 Å². The first-order valence-electron chi connectivity index (χ1n) is 19.3. The van der Waals surface area contributed by atoms with Crippen LogP contribution in [-0.4, -0.2) is 93.2 Å². The summed E-state index contributed by atoms with van der Waals surface area (Å²) in [6, 6.07) is 16.5. The first kappa shape index (κ1) is 42.2. The quantitative estimate of drug-likeness (QED) is 0.238. The van der Waals surface area contributed by atoms with Crippen LogP contribution in [0.4, 0.5) is 26.3 Å². The maximum atomic E-state index is 14.1. The van der Waals surface area contributed by atoms with E-state index in [-0.39, 0.29) is 75.0 Å². The molecule has 4 aliphatic heterocycles. The van der Waals surface area contributed by atoms with Gasteiger partial charge in [0.2, 0.25) is 23.6 Å². The third-order valence-corrected chi connectivity index (χ3v) is 14.2. The molecule has 4 amide bonds. The van der Waals surface area contributed by atoms with Crippen molar-refractivity contribution in [2.75, 3.05) is 24.6 Å². The van der Waals surface area contributed by atoms with Gasteiger partial charge in [-0.05, 0) is 86.8 Å². The molecule has 0 spiro atoms. The molecule has 0 aromatic heterocycles. The monoisotopic (exact) mass is 826 g/mol. The summed E-state index contributed by atoms with van der Waals surface area (Å²) in [7, 11) is 0. The van der Waals surface area contributed by atoms with Crippen LogP contribution in [0.25, 0.3) is 0 Å². The molecule has 4 saturated heterocycles. The zero-order valence-corrected chi connectivity index (χ0v) is 32.5. The van der Waals surface area contributed by atoms with E-state index in [2.05, 4.69) is 10.6 Å². The van der Waals surface area contributed by atoms with E-state index in [1.54, 1.807) is 0 Å². The number of halogens is 6. The normalized spacial score (nSPS) is 27.2. The number of hydrogen-bond acceptors (Lipinski definition) is 6. The summed E-state index contributed by atoms with van der Waals surface area (Å²) in [5.74, 6) is -5.61. The van der Waals surface area contributed by atoms with Crippen molar-refractivity contribution >= 4 is 47.2 Å². The number of fused-ring (bicyclic) bond motifs is 2. The van der Waals surface area contributed by atoms with Gasteiger partial charge >= 0.3 is 12.4 Å². The number of rotatable bonds is 11. The minimum Gasteiger partial charge on any atom is -0.344 e. The molecule has 1 unspecified atom stereocenters. The van der Waals surface area contributed by atoms with Crippen molar-refractivity contribution in [3.63, 3.8) is 0 Å². The Morgan fingerprint density at radius 2 is 0.982 bits per heavy atom. The van der Waals surface area contributed by atoms with E-state index in [0.717, 1.165) is 11.1 Å². The highest BCUT2D eigenvalue weighted by Crippen LogP contribution is 2.41. The molecule has 4 aliphatic rings. The van der Waals surface area contributed by atoms with Gasteiger partial charge in [0.05, 0.1) is 22.6 Å². The zero-order chi connectivity index (χ0) is 40.0. The van der Waals surface area contributed by atoms with Crippen molar-refractivity contribution in [3.8, 4) is 0 Å². The molecule has 56 heavy (non-hydrogen) atoms. The first-order valence-corrected chi connectivity index (χ1v) is 21.4. The predicted octanol–water partition coefficient (Wildman–Crippen LogP) is 6.98. The average Bonchev–Trinajstić information content (AvgIpc) is 3.42. The van der Waals surface area contributed by atoms with Crippen LogP contribution in [0.15, 0.2) is 60.7 Å². The van der Waals surface area contributed by atoms with Crippen molar-refractivity contribution in [2.45, 2.75) is 99.4 Å². The van der Waals surface area contributed by atoms with Crippen LogP contribution >= 0.6 is 23.5 Å². The second-order valence-corrected chi connectivity index (χ2v) is 17.9. The lowest BCUT2D eigenvalue weighted by Gasteiger charge is -2.39. The molecule has 0 saturated carbocycles. The Morgan fingerprint density at radius 1 is 0.607 bits per heavy atom. The highest BCUT2D eigenvalue weighted by molar-refractivity contribution is 8.00. The molecule has 2 N–H and O–H groups in total.